The fourth-order valence-corrected chi connectivity index (χ4v) is 3.79. The number of rotatable bonds is 3. The van der Waals surface area contributed by atoms with Crippen LogP contribution in [0.2, 0.25) is 0 Å². The minimum Gasteiger partial charge on any atom is -0.444 e. The van der Waals surface area contributed by atoms with Gasteiger partial charge in [0.05, 0.1) is 17.2 Å². The summed E-state index contributed by atoms with van der Waals surface area (Å²) >= 11 is 0. The molecule has 29 heavy (non-hydrogen) atoms. The zero-order valence-corrected chi connectivity index (χ0v) is 17.4. The number of nitro benzene ring substituents is 1. The van der Waals surface area contributed by atoms with Gasteiger partial charge in [-0.3, -0.25) is 19.8 Å². The highest BCUT2D eigenvalue weighted by atomic mass is 16.6. The number of hydrogen-bond donors (Lipinski definition) is 0. The lowest BCUT2D eigenvalue weighted by Gasteiger charge is -2.40. The number of nitro groups is 1. The topological polar surface area (TPSA) is 96.2 Å². The van der Waals surface area contributed by atoms with Gasteiger partial charge in [0.15, 0.2) is 0 Å². The molecule has 0 radical (unpaired) electrons. The quantitative estimate of drug-likeness (QED) is 0.567. The maximum atomic E-state index is 12.9. The first-order valence-electron chi connectivity index (χ1n) is 9.85. The molecule has 0 unspecified atom stereocenters. The monoisotopic (exact) mass is 404 g/mol. The average molecular weight is 404 g/mol. The van der Waals surface area contributed by atoms with Crippen molar-refractivity contribution >= 4 is 23.4 Å². The van der Waals surface area contributed by atoms with Crippen molar-refractivity contribution in [2.45, 2.75) is 45.8 Å². The van der Waals surface area contributed by atoms with E-state index in [1.807, 2.05) is 32.6 Å². The second-order valence-corrected chi connectivity index (χ2v) is 8.62. The number of ether oxygens (including phenoxy) is 1. The molecule has 9 heteroatoms. The van der Waals surface area contributed by atoms with Crippen LogP contribution in [0.15, 0.2) is 18.2 Å². The molecular formula is C20H28N4O5. The number of nitrogens with zero attached hydrogens (tertiary/aromatic N) is 4. The molecular weight excluding hydrogens is 376 g/mol. The van der Waals surface area contributed by atoms with Crippen LogP contribution in [-0.2, 0) is 16.0 Å². The third kappa shape index (κ3) is 4.84. The molecule has 158 valence electrons. The van der Waals surface area contributed by atoms with E-state index >= 15 is 0 Å². The van der Waals surface area contributed by atoms with Crippen molar-refractivity contribution in [3.8, 4) is 0 Å². The van der Waals surface area contributed by atoms with Crippen LogP contribution in [0.5, 0.6) is 0 Å². The number of carbonyl (C=O) groups is 2. The Morgan fingerprint density at radius 3 is 2.59 bits per heavy atom. The molecule has 2 amide bonds. The lowest BCUT2D eigenvalue weighted by Crippen LogP contribution is -2.56. The summed E-state index contributed by atoms with van der Waals surface area (Å²) in [6.07, 6.45) is 0.360. The minimum absolute atomic E-state index is 0.0111. The number of benzene rings is 1. The lowest BCUT2D eigenvalue weighted by molar-refractivity contribution is -0.384. The molecule has 1 aromatic rings. The van der Waals surface area contributed by atoms with Crippen molar-refractivity contribution in [1.82, 2.24) is 9.80 Å². The van der Waals surface area contributed by atoms with Crippen molar-refractivity contribution in [2.75, 3.05) is 37.6 Å². The highest BCUT2D eigenvalue weighted by Crippen LogP contribution is 2.32. The van der Waals surface area contributed by atoms with Crippen LogP contribution in [0.1, 0.15) is 33.3 Å². The van der Waals surface area contributed by atoms with Gasteiger partial charge in [-0.1, -0.05) is 6.07 Å². The summed E-state index contributed by atoms with van der Waals surface area (Å²) in [4.78, 5) is 41.2. The summed E-state index contributed by atoms with van der Waals surface area (Å²) in [5, 5.41) is 11.1. The van der Waals surface area contributed by atoms with E-state index in [-0.39, 0.29) is 30.3 Å². The zero-order valence-electron chi connectivity index (χ0n) is 17.4. The van der Waals surface area contributed by atoms with Gasteiger partial charge in [0.1, 0.15) is 5.60 Å². The standard InChI is InChI=1S/C20H28N4O5/c1-14-12-21(9-10-22(14)19(26)29-20(2,3)4)13-18(25)23-8-7-15-5-6-16(24(27)28)11-17(15)23/h5-6,11,14H,7-10,12-13H2,1-4H3/t14-/m1/s1. The summed E-state index contributed by atoms with van der Waals surface area (Å²) < 4.78 is 5.45. The van der Waals surface area contributed by atoms with Crippen molar-refractivity contribution in [3.05, 3.63) is 33.9 Å². The summed E-state index contributed by atoms with van der Waals surface area (Å²) in [5.41, 5.74) is 1.02. The molecule has 1 fully saturated rings. The molecule has 2 heterocycles. The van der Waals surface area contributed by atoms with E-state index in [0.717, 1.165) is 5.56 Å². The molecule has 0 N–H and O–H groups in total. The number of anilines is 1. The van der Waals surface area contributed by atoms with Gasteiger partial charge in [0.2, 0.25) is 5.91 Å². The molecule has 1 saturated heterocycles. The van der Waals surface area contributed by atoms with E-state index in [2.05, 4.69) is 0 Å². The lowest BCUT2D eigenvalue weighted by atomic mass is 10.1. The van der Waals surface area contributed by atoms with Crippen molar-refractivity contribution < 1.29 is 19.2 Å². The van der Waals surface area contributed by atoms with E-state index in [4.69, 9.17) is 4.74 Å². The fraction of sp³-hybridized carbons (Fsp3) is 0.600. The number of non-ortho nitro benzene ring substituents is 1. The van der Waals surface area contributed by atoms with Gasteiger partial charge < -0.3 is 14.5 Å². The highest BCUT2D eigenvalue weighted by molar-refractivity contribution is 5.97. The number of piperazine rings is 1. The van der Waals surface area contributed by atoms with E-state index in [9.17, 15) is 19.7 Å². The first-order valence-corrected chi connectivity index (χ1v) is 9.85. The molecule has 1 aromatic carbocycles. The maximum absolute atomic E-state index is 12.9. The van der Waals surface area contributed by atoms with Crippen molar-refractivity contribution in [1.29, 1.82) is 0 Å². The van der Waals surface area contributed by atoms with Crippen molar-refractivity contribution in [3.63, 3.8) is 0 Å². The Kier molecular flexibility index (Phi) is 5.79. The molecule has 0 saturated carbocycles. The van der Waals surface area contributed by atoms with Gasteiger partial charge in [-0.15, -0.1) is 0 Å². The molecule has 2 aliphatic rings. The molecule has 0 spiro atoms. The molecule has 3 rings (SSSR count). The van der Waals surface area contributed by atoms with E-state index in [0.29, 0.717) is 38.3 Å². The summed E-state index contributed by atoms with van der Waals surface area (Å²) in [6, 6.07) is 4.61. The highest BCUT2D eigenvalue weighted by Gasteiger charge is 2.33. The Bertz CT molecular complexity index is 820. The number of amides is 2. The number of hydrogen-bond acceptors (Lipinski definition) is 6. The third-order valence-corrected chi connectivity index (χ3v) is 5.17. The first-order chi connectivity index (χ1) is 13.5. The predicted molar refractivity (Wildman–Crippen MR) is 108 cm³/mol. The Morgan fingerprint density at radius 2 is 1.97 bits per heavy atom. The summed E-state index contributed by atoms with van der Waals surface area (Å²) in [7, 11) is 0. The fourth-order valence-electron chi connectivity index (χ4n) is 3.79. The van der Waals surface area contributed by atoms with Gasteiger partial charge in [-0.05, 0) is 39.7 Å². The Morgan fingerprint density at radius 1 is 1.24 bits per heavy atom. The summed E-state index contributed by atoms with van der Waals surface area (Å²) in [6.45, 7) is 9.83. The average Bonchev–Trinajstić information content (AvgIpc) is 3.03. The largest absolute Gasteiger partial charge is 0.444 e. The van der Waals surface area contributed by atoms with Gasteiger partial charge >= 0.3 is 6.09 Å². The van der Waals surface area contributed by atoms with Gasteiger partial charge in [0.25, 0.3) is 5.69 Å². The molecule has 2 aliphatic heterocycles. The Hall–Kier alpha value is -2.68. The molecule has 0 aliphatic carbocycles. The molecule has 0 bridgehead atoms. The molecule has 9 nitrogen and oxygen atoms in total. The number of carbonyl (C=O) groups excluding carboxylic acids is 2. The van der Waals surface area contributed by atoms with Crippen LogP contribution in [0, 0.1) is 10.1 Å². The van der Waals surface area contributed by atoms with Gasteiger partial charge in [-0.2, -0.15) is 0 Å². The van der Waals surface area contributed by atoms with E-state index in [1.165, 1.54) is 12.1 Å². The minimum atomic E-state index is -0.546. The number of fused-ring (bicyclic) bond motifs is 1. The normalized spacial score (nSPS) is 19.8. The summed E-state index contributed by atoms with van der Waals surface area (Å²) in [5.74, 6) is -0.0813. The smallest absolute Gasteiger partial charge is 0.410 e. The van der Waals surface area contributed by atoms with Crippen LogP contribution >= 0.6 is 0 Å². The zero-order chi connectivity index (χ0) is 21.3. The van der Waals surface area contributed by atoms with Gasteiger partial charge in [-0.25, -0.2) is 4.79 Å². The maximum Gasteiger partial charge on any atom is 0.410 e. The van der Waals surface area contributed by atoms with Crippen LogP contribution in [-0.4, -0.2) is 71.1 Å². The predicted octanol–water partition coefficient (Wildman–Crippen LogP) is 2.43. The van der Waals surface area contributed by atoms with Crippen LogP contribution < -0.4 is 4.90 Å². The first kappa shape index (κ1) is 21.0. The second-order valence-electron chi connectivity index (χ2n) is 8.62. The SMILES string of the molecule is C[C@@H]1CN(CC(=O)N2CCc3ccc([N+](=O)[O-])cc32)CCN1C(=O)OC(C)(C)C. The van der Waals surface area contributed by atoms with Crippen molar-refractivity contribution in [2.24, 2.45) is 0 Å². The Balaban J connectivity index is 1.60. The van der Waals surface area contributed by atoms with Crippen LogP contribution in [0.4, 0.5) is 16.2 Å². The van der Waals surface area contributed by atoms with Crippen LogP contribution in [0.25, 0.3) is 0 Å². The second kappa shape index (κ2) is 7.98. The van der Waals surface area contributed by atoms with E-state index < -0.39 is 10.5 Å². The third-order valence-electron chi connectivity index (χ3n) is 5.17. The van der Waals surface area contributed by atoms with E-state index in [1.54, 1.807) is 15.9 Å². The molecule has 0 aromatic heterocycles. The molecule has 1 atom stereocenters. The van der Waals surface area contributed by atoms with Crippen LogP contribution in [0.3, 0.4) is 0 Å². The van der Waals surface area contributed by atoms with Gasteiger partial charge in [0, 0.05) is 44.4 Å². The Labute approximate surface area is 170 Å².